The summed E-state index contributed by atoms with van der Waals surface area (Å²) >= 11 is 0. The van der Waals surface area contributed by atoms with Crippen molar-refractivity contribution in [2.75, 3.05) is 11.9 Å². The number of anilines is 1. The molecule has 0 bridgehead atoms. The predicted octanol–water partition coefficient (Wildman–Crippen LogP) is 2.35. The summed E-state index contributed by atoms with van der Waals surface area (Å²) in [5.74, 6) is 0.445. The second-order valence-electron chi connectivity index (χ2n) is 4.44. The van der Waals surface area contributed by atoms with Gasteiger partial charge < -0.3 is 10.1 Å². The molecular formula is C14H21N3O3. The molecule has 0 unspecified atom stereocenters. The van der Waals surface area contributed by atoms with E-state index in [2.05, 4.69) is 23.1 Å². The number of carbonyl (C=O) groups excluding carboxylic acids is 2. The topological polar surface area (TPSA) is 79.5 Å². The molecule has 0 aliphatic heterocycles. The standard InChI is InChI=1S/C14H21N3O3/c1-4-5-8-20-12-6-7-13(10(2)9-12)15-14(19)17-16-11(3)18/h6-7,9H,4-5,8H2,1-3H3,(H,16,18)(H2,15,17,19). The van der Waals surface area contributed by atoms with Gasteiger partial charge in [-0.15, -0.1) is 0 Å². The van der Waals surface area contributed by atoms with Crippen LogP contribution in [-0.4, -0.2) is 18.5 Å². The number of rotatable bonds is 5. The van der Waals surface area contributed by atoms with Crippen molar-refractivity contribution in [2.24, 2.45) is 0 Å². The first-order valence-electron chi connectivity index (χ1n) is 6.60. The summed E-state index contributed by atoms with van der Waals surface area (Å²) < 4.78 is 5.58. The van der Waals surface area contributed by atoms with Gasteiger partial charge in [-0.05, 0) is 37.1 Å². The lowest BCUT2D eigenvalue weighted by molar-refractivity contribution is -0.119. The minimum atomic E-state index is -0.497. The highest BCUT2D eigenvalue weighted by Gasteiger charge is 2.05. The van der Waals surface area contributed by atoms with Crippen LogP contribution in [0, 0.1) is 6.92 Å². The molecule has 0 aliphatic carbocycles. The van der Waals surface area contributed by atoms with Gasteiger partial charge >= 0.3 is 6.03 Å². The van der Waals surface area contributed by atoms with Crippen LogP contribution in [0.15, 0.2) is 18.2 Å². The van der Waals surface area contributed by atoms with Crippen LogP contribution in [-0.2, 0) is 4.79 Å². The number of aryl methyl sites for hydroxylation is 1. The minimum Gasteiger partial charge on any atom is -0.494 e. The molecule has 0 fully saturated rings. The molecule has 0 atom stereocenters. The molecule has 0 spiro atoms. The molecule has 110 valence electrons. The Labute approximate surface area is 118 Å². The number of hydrogen-bond acceptors (Lipinski definition) is 3. The molecule has 6 nitrogen and oxygen atoms in total. The average molecular weight is 279 g/mol. The second-order valence-corrected chi connectivity index (χ2v) is 4.44. The number of urea groups is 1. The van der Waals surface area contributed by atoms with Crippen molar-refractivity contribution in [2.45, 2.75) is 33.6 Å². The molecule has 0 heterocycles. The Balaban J connectivity index is 2.54. The first-order valence-corrected chi connectivity index (χ1v) is 6.60. The monoisotopic (exact) mass is 279 g/mol. The average Bonchev–Trinajstić information content (AvgIpc) is 2.40. The van der Waals surface area contributed by atoms with E-state index >= 15 is 0 Å². The van der Waals surface area contributed by atoms with Gasteiger partial charge in [-0.3, -0.25) is 10.2 Å². The van der Waals surface area contributed by atoms with E-state index in [-0.39, 0.29) is 5.91 Å². The predicted molar refractivity (Wildman–Crippen MR) is 77.6 cm³/mol. The van der Waals surface area contributed by atoms with E-state index in [1.165, 1.54) is 6.92 Å². The highest BCUT2D eigenvalue weighted by Crippen LogP contribution is 2.21. The molecular weight excluding hydrogens is 258 g/mol. The molecule has 0 aliphatic rings. The van der Waals surface area contributed by atoms with Crippen molar-refractivity contribution < 1.29 is 14.3 Å². The first-order chi connectivity index (χ1) is 9.52. The molecule has 6 heteroatoms. The molecule has 1 rings (SSSR count). The van der Waals surface area contributed by atoms with E-state index in [4.69, 9.17) is 4.74 Å². The molecule has 0 saturated carbocycles. The fraction of sp³-hybridized carbons (Fsp3) is 0.429. The minimum absolute atomic E-state index is 0.337. The van der Waals surface area contributed by atoms with Crippen molar-refractivity contribution in [3.8, 4) is 5.75 Å². The van der Waals surface area contributed by atoms with E-state index in [0.717, 1.165) is 24.2 Å². The van der Waals surface area contributed by atoms with Gasteiger partial charge in [0.15, 0.2) is 0 Å². The van der Waals surface area contributed by atoms with Crippen LogP contribution >= 0.6 is 0 Å². The smallest absolute Gasteiger partial charge is 0.337 e. The highest BCUT2D eigenvalue weighted by atomic mass is 16.5. The fourth-order valence-corrected chi connectivity index (χ4v) is 1.50. The Hall–Kier alpha value is -2.24. The van der Waals surface area contributed by atoms with E-state index in [1.54, 1.807) is 12.1 Å². The number of carbonyl (C=O) groups is 2. The van der Waals surface area contributed by atoms with E-state index in [1.807, 2.05) is 13.0 Å². The van der Waals surface area contributed by atoms with Gasteiger partial charge in [0.25, 0.3) is 0 Å². The summed E-state index contributed by atoms with van der Waals surface area (Å²) in [6.45, 7) is 5.98. The van der Waals surface area contributed by atoms with Gasteiger partial charge in [0, 0.05) is 12.6 Å². The van der Waals surface area contributed by atoms with Gasteiger partial charge in [0.2, 0.25) is 5.91 Å². The van der Waals surface area contributed by atoms with Crippen LogP contribution < -0.4 is 20.9 Å². The second kappa shape index (κ2) is 8.04. The summed E-state index contributed by atoms with van der Waals surface area (Å²) in [6, 6.07) is 4.94. The lowest BCUT2D eigenvalue weighted by Crippen LogP contribution is -2.42. The number of unbranched alkanes of at least 4 members (excludes halogenated alkanes) is 1. The third-order valence-electron chi connectivity index (χ3n) is 2.56. The van der Waals surface area contributed by atoms with Crippen LogP contribution in [0.2, 0.25) is 0 Å². The van der Waals surface area contributed by atoms with Crippen molar-refractivity contribution in [3.05, 3.63) is 23.8 Å². The van der Waals surface area contributed by atoms with Crippen molar-refractivity contribution >= 4 is 17.6 Å². The van der Waals surface area contributed by atoms with Gasteiger partial charge in [-0.25, -0.2) is 10.2 Å². The van der Waals surface area contributed by atoms with E-state index in [9.17, 15) is 9.59 Å². The van der Waals surface area contributed by atoms with E-state index in [0.29, 0.717) is 12.3 Å². The zero-order valence-corrected chi connectivity index (χ0v) is 12.1. The Kier molecular flexibility index (Phi) is 6.36. The van der Waals surface area contributed by atoms with Gasteiger partial charge in [0.05, 0.1) is 6.61 Å². The maximum absolute atomic E-state index is 11.5. The van der Waals surface area contributed by atoms with Crippen LogP contribution in [0.25, 0.3) is 0 Å². The zero-order valence-electron chi connectivity index (χ0n) is 12.1. The Morgan fingerprint density at radius 3 is 2.60 bits per heavy atom. The SMILES string of the molecule is CCCCOc1ccc(NC(=O)NNC(C)=O)c(C)c1. The largest absolute Gasteiger partial charge is 0.494 e. The number of benzene rings is 1. The maximum Gasteiger partial charge on any atom is 0.337 e. The number of hydrazine groups is 1. The Morgan fingerprint density at radius 2 is 2.00 bits per heavy atom. The Bertz CT molecular complexity index is 475. The third-order valence-corrected chi connectivity index (χ3v) is 2.56. The quantitative estimate of drug-likeness (QED) is 0.572. The molecule has 20 heavy (non-hydrogen) atoms. The molecule has 3 N–H and O–H groups in total. The van der Waals surface area contributed by atoms with Crippen molar-refractivity contribution in [1.29, 1.82) is 0 Å². The Morgan fingerprint density at radius 1 is 1.25 bits per heavy atom. The van der Waals surface area contributed by atoms with Crippen molar-refractivity contribution in [3.63, 3.8) is 0 Å². The van der Waals surface area contributed by atoms with Gasteiger partial charge in [-0.1, -0.05) is 13.3 Å². The summed E-state index contributed by atoms with van der Waals surface area (Å²) in [7, 11) is 0. The zero-order chi connectivity index (χ0) is 15.0. The van der Waals surface area contributed by atoms with Crippen LogP contribution in [0.5, 0.6) is 5.75 Å². The van der Waals surface area contributed by atoms with Crippen molar-refractivity contribution in [1.82, 2.24) is 10.9 Å². The first kappa shape index (κ1) is 15.8. The molecule has 0 aromatic heterocycles. The van der Waals surface area contributed by atoms with Crippen LogP contribution in [0.3, 0.4) is 0 Å². The molecule has 0 radical (unpaired) electrons. The van der Waals surface area contributed by atoms with Gasteiger partial charge in [-0.2, -0.15) is 0 Å². The number of amides is 3. The highest BCUT2D eigenvalue weighted by molar-refractivity contribution is 5.91. The molecule has 1 aromatic carbocycles. The summed E-state index contributed by atoms with van der Waals surface area (Å²) in [5.41, 5.74) is 5.99. The summed E-state index contributed by atoms with van der Waals surface area (Å²) in [5, 5.41) is 2.64. The lowest BCUT2D eigenvalue weighted by atomic mass is 10.2. The fourth-order valence-electron chi connectivity index (χ4n) is 1.50. The van der Waals surface area contributed by atoms with Crippen LogP contribution in [0.1, 0.15) is 32.3 Å². The molecule has 0 saturated heterocycles. The third kappa shape index (κ3) is 5.60. The number of ether oxygens (including phenoxy) is 1. The number of hydrogen-bond donors (Lipinski definition) is 3. The maximum atomic E-state index is 11.5. The summed E-state index contributed by atoms with van der Waals surface area (Å²) in [6.07, 6.45) is 2.10. The van der Waals surface area contributed by atoms with Gasteiger partial charge in [0.1, 0.15) is 5.75 Å². The summed E-state index contributed by atoms with van der Waals surface area (Å²) in [4.78, 5) is 22.2. The number of nitrogens with one attached hydrogen (secondary N) is 3. The molecule has 3 amide bonds. The molecule has 1 aromatic rings. The van der Waals surface area contributed by atoms with Crippen LogP contribution in [0.4, 0.5) is 10.5 Å². The normalized spacial score (nSPS) is 9.75. The van der Waals surface area contributed by atoms with E-state index < -0.39 is 6.03 Å². The lowest BCUT2D eigenvalue weighted by Gasteiger charge is -2.12.